The lowest BCUT2D eigenvalue weighted by Gasteiger charge is -2.32. The highest BCUT2D eigenvalue weighted by Crippen LogP contribution is 2.43. The molecular formula is C29H35N7O2. The summed E-state index contributed by atoms with van der Waals surface area (Å²) in [5.74, 6) is 1.20. The fourth-order valence-corrected chi connectivity index (χ4v) is 5.56. The van der Waals surface area contributed by atoms with E-state index in [0.717, 1.165) is 59.8 Å². The Kier molecular flexibility index (Phi) is 7.26. The summed E-state index contributed by atoms with van der Waals surface area (Å²) in [7, 11) is 0. The Bertz CT molecular complexity index is 1440. The molecule has 1 N–H and O–H groups in total. The van der Waals surface area contributed by atoms with Crippen LogP contribution < -0.4 is 4.90 Å². The molecule has 1 aliphatic rings. The molecule has 0 saturated carbocycles. The van der Waals surface area contributed by atoms with Gasteiger partial charge in [-0.3, -0.25) is 4.57 Å². The van der Waals surface area contributed by atoms with Crippen LogP contribution in [0, 0.1) is 6.92 Å². The van der Waals surface area contributed by atoms with Crippen molar-refractivity contribution in [2.75, 3.05) is 11.5 Å². The third kappa shape index (κ3) is 4.36. The number of para-hydroxylation sites is 1. The Morgan fingerprint density at radius 1 is 1.08 bits per heavy atom. The van der Waals surface area contributed by atoms with Crippen LogP contribution in [-0.2, 0) is 30.4 Å². The van der Waals surface area contributed by atoms with Crippen LogP contribution in [0.2, 0.25) is 0 Å². The number of nitrogens with zero attached hydrogens (tertiary/aromatic N) is 6. The first-order valence-corrected chi connectivity index (χ1v) is 13.5. The second kappa shape index (κ2) is 10.8. The maximum atomic E-state index is 13.2. The summed E-state index contributed by atoms with van der Waals surface area (Å²) in [6.07, 6.45) is 4.13. The number of anilines is 2. The average molecular weight is 514 g/mol. The molecule has 0 saturated heterocycles. The van der Waals surface area contributed by atoms with Gasteiger partial charge >= 0.3 is 5.97 Å². The lowest BCUT2D eigenvalue weighted by Crippen LogP contribution is -2.24. The molecule has 1 aliphatic heterocycles. The minimum Gasteiger partial charge on any atom is -0.461 e. The monoisotopic (exact) mass is 513 g/mol. The number of hydrogen-bond acceptors (Lipinski definition) is 7. The summed E-state index contributed by atoms with van der Waals surface area (Å²) in [6, 6.07) is 12.6. The Balaban J connectivity index is 1.72. The third-order valence-electron chi connectivity index (χ3n) is 7.36. The molecule has 0 amide bonds. The molecule has 9 heteroatoms. The number of aromatic amines is 1. The molecular weight excluding hydrogens is 478 g/mol. The van der Waals surface area contributed by atoms with Gasteiger partial charge < -0.3 is 9.64 Å². The van der Waals surface area contributed by atoms with Gasteiger partial charge in [0.1, 0.15) is 5.82 Å². The number of hydrogen-bond donors (Lipinski definition) is 1. The molecule has 198 valence electrons. The molecule has 0 aliphatic carbocycles. The van der Waals surface area contributed by atoms with Crippen LogP contribution in [-0.4, -0.2) is 42.8 Å². The number of aryl methyl sites for hydroxylation is 3. The summed E-state index contributed by atoms with van der Waals surface area (Å²) in [5, 5.41) is 15.0. The van der Waals surface area contributed by atoms with Gasteiger partial charge in [-0.1, -0.05) is 37.3 Å². The van der Waals surface area contributed by atoms with Crippen molar-refractivity contribution in [2.45, 2.75) is 72.8 Å². The molecule has 1 atom stereocenters. The topological polar surface area (TPSA) is 102 Å². The Morgan fingerprint density at radius 2 is 1.87 bits per heavy atom. The predicted molar refractivity (Wildman–Crippen MR) is 146 cm³/mol. The SMILES string of the molecule is CCCc1nc(CC)c(C(=O)OCC)n1-c1ccc2c(c1C)CCc1ccccc1N2C(C)c1nn[nH]n1. The van der Waals surface area contributed by atoms with Crippen molar-refractivity contribution >= 4 is 17.3 Å². The molecule has 38 heavy (non-hydrogen) atoms. The number of fused-ring (bicyclic) bond motifs is 2. The van der Waals surface area contributed by atoms with E-state index in [4.69, 9.17) is 9.72 Å². The Labute approximate surface area is 223 Å². The summed E-state index contributed by atoms with van der Waals surface area (Å²) in [6.45, 7) is 10.6. The summed E-state index contributed by atoms with van der Waals surface area (Å²) < 4.78 is 7.54. The van der Waals surface area contributed by atoms with Crippen molar-refractivity contribution < 1.29 is 9.53 Å². The first kappa shape index (κ1) is 25.6. The van der Waals surface area contributed by atoms with Gasteiger partial charge in [0.05, 0.1) is 24.0 Å². The number of imidazole rings is 1. The zero-order chi connectivity index (χ0) is 26.8. The smallest absolute Gasteiger partial charge is 0.357 e. The zero-order valence-corrected chi connectivity index (χ0v) is 22.8. The maximum absolute atomic E-state index is 13.2. The first-order valence-electron chi connectivity index (χ1n) is 13.5. The molecule has 0 fully saturated rings. The van der Waals surface area contributed by atoms with Crippen molar-refractivity contribution in [2.24, 2.45) is 0 Å². The fraction of sp³-hybridized carbons (Fsp3) is 0.414. The van der Waals surface area contributed by atoms with Gasteiger partial charge in [-0.2, -0.15) is 5.21 Å². The normalized spacial score (nSPS) is 13.6. The van der Waals surface area contributed by atoms with Crippen LogP contribution in [0.25, 0.3) is 5.69 Å². The van der Waals surface area contributed by atoms with Crippen LogP contribution in [0.4, 0.5) is 11.4 Å². The second-order valence-electron chi connectivity index (χ2n) is 9.63. The van der Waals surface area contributed by atoms with E-state index < -0.39 is 0 Å². The van der Waals surface area contributed by atoms with Gasteiger partial charge in [0.2, 0.25) is 0 Å². The Morgan fingerprint density at radius 3 is 2.58 bits per heavy atom. The standard InChI is InChI=1S/C29H35N7O2/c1-6-11-26-30-22(7-2)27(29(37)38-8-3)36(26)23-16-17-25-21(18(23)4)15-14-20-12-9-10-13-24(20)35(25)19(5)28-31-33-34-32-28/h9-10,12-13,16-17,19H,6-8,11,14-15H2,1-5H3,(H,31,32,33,34). The number of carbonyl (C=O) groups excluding carboxylic acids is 1. The zero-order valence-electron chi connectivity index (χ0n) is 22.8. The van der Waals surface area contributed by atoms with E-state index in [1.54, 1.807) is 0 Å². The van der Waals surface area contributed by atoms with Crippen molar-refractivity contribution in [3.8, 4) is 5.69 Å². The van der Waals surface area contributed by atoms with E-state index in [-0.39, 0.29) is 12.0 Å². The summed E-state index contributed by atoms with van der Waals surface area (Å²) in [5.41, 5.74) is 8.18. The summed E-state index contributed by atoms with van der Waals surface area (Å²) >= 11 is 0. The quantitative estimate of drug-likeness (QED) is 0.316. The molecule has 4 aromatic rings. The third-order valence-corrected chi connectivity index (χ3v) is 7.36. The van der Waals surface area contributed by atoms with Gasteiger partial charge in [-0.05, 0) is 81.3 Å². The minimum atomic E-state index is -0.326. The molecule has 0 spiro atoms. The number of aromatic nitrogens is 6. The lowest BCUT2D eigenvalue weighted by molar-refractivity contribution is 0.0515. The molecule has 0 bridgehead atoms. The maximum Gasteiger partial charge on any atom is 0.357 e. The van der Waals surface area contributed by atoms with Gasteiger partial charge in [0.15, 0.2) is 11.5 Å². The highest BCUT2D eigenvalue weighted by Gasteiger charge is 2.31. The second-order valence-corrected chi connectivity index (χ2v) is 9.63. The molecule has 0 radical (unpaired) electrons. The van der Waals surface area contributed by atoms with Crippen LogP contribution in [0.1, 0.15) is 84.7 Å². The molecule has 3 heterocycles. The number of ether oxygens (including phenoxy) is 1. The van der Waals surface area contributed by atoms with Crippen LogP contribution in [0.15, 0.2) is 36.4 Å². The van der Waals surface area contributed by atoms with Gasteiger partial charge in [0, 0.05) is 17.8 Å². The lowest BCUT2D eigenvalue weighted by atomic mass is 9.98. The highest BCUT2D eigenvalue weighted by atomic mass is 16.5. The van der Waals surface area contributed by atoms with E-state index in [1.807, 2.05) is 18.4 Å². The number of benzene rings is 2. The average Bonchev–Trinajstić information content (AvgIpc) is 3.54. The molecule has 5 rings (SSSR count). The fourth-order valence-electron chi connectivity index (χ4n) is 5.56. The number of rotatable bonds is 8. The van der Waals surface area contributed by atoms with Crippen molar-refractivity contribution in [3.63, 3.8) is 0 Å². The number of H-pyrrole nitrogens is 1. The van der Waals surface area contributed by atoms with E-state index in [0.29, 0.717) is 24.5 Å². The van der Waals surface area contributed by atoms with Crippen LogP contribution in [0.5, 0.6) is 0 Å². The summed E-state index contributed by atoms with van der Waals surface area (Å²) in [4.78, 5) is 20.4. The number of nitrogens with one attached hydrogen (secondary N) is 1. The highest BCUT2D eigenvalue weighted by molar-refractivity contribution is 5.90. The number of tetrazole rings is 1. The van der Waals surface area contributed by atoms with Gasteiger partial charge in [-0.25, -0.2) is 9.78 Å². The van der Waals surface area contributed by atoms with E-state index >= 15 is 0 Å². The molecule has 2 aromatic heterocycles. The van der Waals surface area contributed by atoms with Crippen LogP contribution in [0.3, 0.4) is 0 Å². The van der Waals surface area contributed by atoms with Crippen LogP contribution >= 0.6 is 0 Å². The predicted octanol–water partition coefficient (Wildman–Crippen LogP) is 5.38. The number of esters is 1. The Hall–Kier alpha value is -4.01. The number of carbonyl (C=O) groups is 1. The first-order chi connectivity index (χ1) is 18.5. The van der Waals surface area contributed by atoms with E-state index in [1.165, 1.54) is 11.1 Å². The van der Waals surface area contributed by atoms with Gasteiger partial charge in [0.25, 0.3) is 0 Å². The van der Waals surface area contributed by atoms with Crippen molar-refractivity contribution in [1.29, 1.82) is 0 Å². The minimum absolute atomic E-state index is 0.136. The van der Waals surface area contributed by atoms with E-state index in [9.17, 15) is 4.79 Å². The van der Waals surface area contributed by atoms with E-state index in [2.05, 4.69) is 82.7 Å². The molecule has 1 unspecified atom stereocenters. The van der Waals surface area contributed by atoms with Crippen molar-refractivity contribution in [1.82, 2.24) is 30.2 Å². The largest absolute Gasteiger partial charge is 0.461 e. The van der Waals surface area contributed by atoms with Crippen molar-refractivity contribution in [3.05, 3.63) is 76.1 Å². The molecule has 9 nitrogen and oxygen atoms in total. The van der Waals surface area contributed by atoms with Gasteiger partial charge in [-0.15, -0.1) is 10.2 Å². The molecule has 2 aromatic carbocycles.